The van der Waals surface area contributed by atoms with E-state index in [1.807, 2.05) is 114 Å². The molecule has 0 fully saturated rings. The van der Waals surface area contributed by atoms with Gasteiger partial charge in [-0.25, -0.2) is 22.5 Å². The summed E-state index contributed by atoms with van der Waals surface area (Å²) in [4.78, 5) is 14.5. The van der Waals surface area contributed by atoms with Crippen molar-refractivity contribution < 1.29 is 22.4 Å². The Morgan fingerprint density at radius 1 is 0.638 bits per heavy atom. The Morgan fingerprint density at radius 3 is 1.89 bits per heavy atom. The molecule has 0 aliphatic carbocycles. The molecule has 0 saturated carbocycles. The third kappa shape index (κ3) is 8.09. The highest BCUT2D eigenvalue weighted by Gasteiger charge is 2.17. The van der Waals surface area contributed by atoms with Gasteiger partial charge in [0.1, 0.15) is 29.1 Å². The molecule has 0 spiro atoms. The van der Waals surface area contributed by atoms with Crippen LogP contribution in [0.1, 0.15) is 10.4 Å². The summed E-state index contributed by atoms with van der Waals surface area (Å²) in [6.45, 7) is 0. The van der Waals surface area contributed by atoms with E-state index in [0.717, 1.165) is 52.0 Å². The van der Waals surface area contributed by atoms with Gasteiger partial charge >= 0.3 is 0 Å². The van der Waals surface area contributed by atoms with Gasteiger partial charge in [0.25, 0.3) is 0 Å². The summed E-state index contributed by atoms with van der Waals surface area (Å²) in [7, 11) is 0. The molecule has 0 atom stereocenters. The highest BCUT2D eigenvalue weighted by atomic mass is 19.1. The van der Waals surface area contributed by atoms with Crippen LogP contribution >= 0.6 is 0 Å². The Kier molecular flexibility index (Phi) is 10.4. The lowest BCUT2D eigenvalue weighted by molar-refractivity contribution is 0.111. The molecule has 0 aliphatic heterocycles. The Hall–Kier alpha value is -6.22. The molecule has 7 rings (SSSR count). The summed E-state index contributed by atoms with van der Waals surface area (Å²) in [6, 6.07) is 41.2. The van der Waals surface area contributed by atoms with Gasteiger partial charge in [0.2, 0.25) is 0 Å². The number of nitrogens with two attached hydrogens (primary N) is 1. The number of aromatic nitrogens is 2. The van der Waals surface area contributed by atoms with E-state index < -0.39 is 23.3 Å². The van der Waals surface area contributed by atoms with E-state index in [0.29, 0.717) is 18.2 Å². The molecule has 0 saturated heterocycles. The van der Waals surface area contributed by atoms with Crippen LogP contribution in [0.5, 0.6) is 0 Å². The van der Waals surface area contributed by atoms with Crippen LogP contribution < -0.4 is 11.1 Å². The Morgan fingerprint density at radius 2 is 1.23 bits per heavy atom. The molecule has 9 heteroatoms. The Labute approximate surface area is 268 Å². The number of fused-ring (bicyclic) bond motifs is 1. The van der Waals surface area contributed by atoms with Crippen LogP contribution in [0.3, 0.4) is 0 Å². The largest absolute Gasteiger partial charge is 0.397 e. The van der Waals surface area contributed by atoms with Crippen molar-refractivity contribution in [3.8, 4) is 17.1 Å². The number of benzene rings is 6. The molecule has 47 heavy (non-hydrogen) atoms. The average Bonchev–Trinajstić information content (AvgIpc) is 3.47. The second kappa shape index (κ2) is 15.2. The molecule has 6 aromatic carbocycles. The number of nitrogen functional groups attached to an aromatic ring is 1. The molecule has 0 aliphatic rings. The van der Waals surface area contributed by atoms with E-state index >= 15 is 0 Å². The van der Waals surface area contributed by atoms with Crippen molar-refractivity contribution >= 4 is 34.4 Å². The standard InChI is InChI=1S/C19H12F2N2.C12H12N2.C7H4F2O/c20-13-10-11-15(16(21)12-13)19-22-17-8-4-5-9-18(17)23(19)14-6-2-1-3-7-14;13-11-8-4-5-9-12(11)14-10-6-2-1-3-7-10;8-6-2-1-5(4-10)7(9)3-6/h1-12H;1-9,14H,13H2;1-4H. The fourth-order valence-electron chi connectivity index (χ4n) is 4.60. The number of hydrogen-bond acceptors (Lipinski definition) is 4. The van der Waals surface area contributed by atoms with E-state index in [-0.39, 0.29) is 11.1 Å². The van der Waals surface area contributed by atoms with Gasteiger partial charge in [-0.05, 0) is 72.8 Å². The summed E-state index contributed by atoms with van der Waals surface area (Å²) >= 11 is 0. The predicted octanol–water partition coefficient (Wildman–Crippen LogP) is 9.76. The van der Waals surface area contributed by atoms with Gasteiger partial charge in [-0.3, -0.25) is 9.36 Å². The highest BCUT2D eigenvalue weighted by Crippen LogP contribution is 2.30. The van der Waals surface area contributed by atoms with Crippen molar-refractivity contribution in [1.82, 2.24) is 9.55 Å². The molecule has 234 valence electrons. The predicted molar refractivity (Wildman–Crippen MR) is 179 cm³/mol. The Balaban J connectivity index is 0.000000154. The number of carbonyl (C=O) groups is 1. The highest BCUT2D eigenvalue weighted by molar-refractivity contribution is 5.83. The van der Waals surface area contributed by atoms with Crippen molar-refractivity contribution in [3.05, 3.63) is 174 Å². The zero-order valence-electron chi connectivity index (χ0n) is 24.8. The van der Waals surface area contributed by atoms with E-state index in [2.05, 4.69) is 10.3 Å². The lowest BCUT2D eigenvalue weighted by Gasteiger charge is -2.10. The summed E-state index contributed by atoms with van der Waals surface area (Å²) in [6.07, 6.45) is 0.342. The number of rotatable bonds is 5. The minimum absolute atomic E-state index is 0.124. The lowest BCUT2D eigenvalue weighted by atomic mass is 10.2. The van der Waals surface area contributed by atoms with Crippen LogP contribution in [0.15, 0.2) is 146 Å². The maximum atomic E-state index is 14.3. The van der Waals surface area contributed by atoms with Gasteiger partial charge in [-0.1, -0.05) is 60.7 Å². The minimum atomic E-state index is -0.824. The zero-order valence-corrected chi connectivity index (χ0v) is 24.8. The molecular formula is C38H28F4N4O. The first kappa shape index (κ1) is 32.2. The second-order valence-corrected chi connectivity index (χ2v) is 10.1. The van der Waals surface area contributed by atoms with Crippen LogP contribution in [-0.2, 0) is 0 Å². The number of halogens is 4. The quantitative estimate of drug-likeness (QED) is 0.113. The maximum absolute atomic E-state index is 14.3. The molecular weight excluding hydrogens is 604 g/mol. The normalized spacial score (nSPS) is 10.3. The third-order valence-corrected chi connectivity index (χ3v) is 6.85. The first-order chi connectivity index (χ1) is 22.8. The van der Waals surface area contributed by atoms with E-state index in [1.165, 1.54) is 12.1 Å². The molecule has 7 aromatic rings. The first-order valence-electron chi connectivity index (χ1n) is 14.4. The third-order valence-electron chi connectivity index (χ3n) is 6.85. The molecule has 0 unspecified atom stereocenters. The first-order valence-corrected chi connectivity index (χ1v) is 14.4. The monoisotopic (exact) mass is 632 g/mol. The van der Waals surface area contributed by atoms with Crippen molar-refractivity contribution in [2.75, 3.05) is 11.1 Å². The summed E-state index contributed by atoms with van der Waals surface area (Å²) in [5, 5.41) is 3.25. The maximum Gasteiger partial charge on any atom is 0.152 e. The molecule has 0 radical (unpaired) electrons. The summed E-state index contributed by atoms with van der Waals surface area (Å²) in [5.41, 5.74) is 11.2. The summed E-state index contributed by atoms with van der Waals surface area (Å²) in [5.74, 6) is -2.28. The van der Waals surface area contributed by atoms with Gasteiger partial charge in [-0.15, -0.1) is 0 Å². The number of nitrogens with zero attached hydrogens (tertiary/aromatic N) is 2. The number of carbonyl (C=O) groups excluding carboxylic acids is 1. The molecule has 0 bridgehead atoms. The van der Waals surface area contributed by atoms with Crippen LogP contribution in [0, 0.1) is 23.3 Å². The van der Waals surface area contributed by atoms with Crippen LogP contribution in [0.25, 0.3) is 28.1 Å². The summed E-state index contributed by atoms with van der Waals surface area (Å²) < 4.78 is 53.9. The van der Waals surface area contributed by atoms with Gasteiger partial charge < -0.3 is 11.1 Å². The fourth-order valence-corrected chi connectivity index (χ4v) is 4.60. The van der Waals surface area contributed by atoms with Crippen LogP contribution in [0.4, 0.5) is 34.6 Å². The van der Waals surface area contributed by atoms with E-state index in [9.17, 15) is 22.4 Å². The van der Waals surface area contributed by atoms with Gasteiger partial charge in [0, 0.05) is 23.5 Å². The molecule has 1 aromatic heterocycles. The second-order valence-electron chi connectivity index (χ2n) is 10.1. The number of anilines is 3. The van der Waals surface area contributed by atoms with Crippen LogP contribution in [-0.4, -0.2) is 15.8 Å². The van der Waals surface area contributed by atoms with Crippen molar-refractivity contribution in [2.24, 2.45) is 0 Å². The van der Waals surface area contributed by atoms with Crippen LogP contribution in [0.2, 0.25) is 0 Å². The van der Waals surface area contributed by atoms with Gasteiger partial charge in [0.15, 0.2) is 6.29 Å². The Bertz CT molecular complexity index is 2100. The number of imidazole rings is 1. The van der Waals surface area contributed by atoms with Gasteiger partial charge in [0.05, 0.1) is 33.5 Å². The molecule has 1 heterocycles. The zero-order chi connectivity index (χ0) is 33.2. The van der Waals surface area contributed by atoms with Crippen molar-refractivity contribution in [1.29, 1.82) is 0 Å². The van der Waals surface area contributed by atoms with Crippen molar-refractivity contribution in [2.45, 2.75) is 0 Å². The minimum Gasteiger partial charge on any atom is -0.397 e. The molecule has 0 amide bonds. The fraction of sp³-hybridized carbons (Fsp3) is 0. The van der Waals surface area contributed by atoms with Crippen molar-refractivity contribution in [3.63, 3.8) is 0 Å². The number of aldehydes is 1. The molecule has 5 nitrogen and oxygen atoms in total. The number of hydrogen-bond donors (Lipinski definition) is 2. The number of para-hydroxylation sites is 6. The average molecular weight is 633 g/mol. The SMILES string of the molecule is Fc1ccc(-c2nc3ccccc3n2-c2ccccc2)c(F)c1.Nc1ccccc1Nc1ccccc1.O=Cc1ccc(F)cc1F. The van der Waals surface area contributed by atoms with Gasteiger partial charge in [-0.2, -0.15) is 0 Å². The smallest absolute Gasteiger partial charge is 0.152 e. The lowest BCUT2D eigenvalue weighted by Crippen LogP contribution is -1.99. The van der Waals surface area contributed by atoms with E-state index in [4.69, 9.17) is 5.73 Å². The molecule has 3 N–H and O–H groups in total. The topological polar surface area (TPSA) is 72.9 Å². The van der Waals surface area contributed by atoms with E-state index in [1.54, 1.807) is 0 Å². The number of nitrogens with one attached hydrogen (secondary N) is 1.